The fourth-order valence-corrected chi connectivity index (χ4v) is 1.75. The lowest BCUT2D eigenvalue weighted by Crippen LogP contribution is -2.33. The molecule has 1 rings (SSSR count). The van der Waals surface area contributed by atoms with E-state index in [1.807, 2.05) is 20.8 Å². The standard InChI is InChI=1S/C10H19N5O3S/c1-10(2,3)9-13-7(14-15-9)8(16)12-5-6-19(17,18)11-4/h11H,5-6H2,1-4H3,(H,12,16)(H,13,14,15). The minimum absolute atomic E-state index is 0.00139. The fraction of sp³-hybridized carbons (Fsp3) is 0.700. The largest absolute Gasteiger partial charge is 0.348 e. The number of carbonyl (C=O) groups is 1. The smallest absolute Gasteiger partial charge is 0.290 e. The zero-order valence-electron chi connectivity index (χ0n) is 11.4. The number of amides is 1. The molecule has 0 bridgehead atoms. The van der Waals surface area contributed by atoms with Gasteiger partial charge in [-0.25, -0.2) is 18.1 Å². The summed E-state index contributed by atoms with van der Waals surface area (Å²) in [6, 6.07) is 0. The van der Waals surface area contributed by atoms with E-state index in [0.717, 1.165) is 0 Å². The Bertz CT molecular complexity index is 544. The second-order valence-corrected chi connectivity index (χ2v) is 7.08. The fourth-order valence-electron chi connectivity index (χ4n) is 1.18. The average molecular weight is 289 g/mol. The van der Waals surface area contributed by atoms with E-state index in [4.69, 9.17) is 0 Å². The summed E-state index contributed by atoms with van der Waals surface area (Å²) in [5.74, 6) is -0.0865. The molecule has 0 aliphatic heterocycles. The molecular weight excluding hydrogens is 270 g/mol. The molecule has 0 saturated carbocycles. The number of nitrogens with zero attached hydrogens (tertiary/aromatic N) is 2. The molecule has 0 radical (unpaired) electrons. The van der Waals surface area contributed by atoms with Crippen LogP contribution < -0.4 is 10.0 Å². The molecule has 1 heterocycles. The van der Waals surface area contributed by atoms with Crippen molar-refractivity contribution in [3.8, 4) is 0 Å². The average Bonchev–Trinajstić information content (AvgIpc) is 2.77. The number of aromatic nitrogens is 3. The van der Waals surface area contributed by atoms with E-state index in [1.54, 1.807) is 0 Å². The van der Waals surface area contributed by atoms with Gasteiger partial charge >= 0.3 is 0 Å². The second-order valence-electron chi connectivity index (χ2n) is 5.04. The number of H-pyrrole nitrogens is 1. The Kier molecular flexibility index (Phi) is 4.64. The molecule has 108 valence electrons. The molecule has 9 heteroatoms. The quantitative estimate of drug-likeness (QED) is 0.668. The van der Waals surface area contributed by atoms with Gasteiger partial charge in [0.05, 0.1) is 5.75 Å². The predicted octanol–water partition coefficient (Wildman–Crippen LogP) is -0.619. The summed E-state index contributed by atoms with van der Waals surface area (Å²) in [6.45, 7) is 5.82. The summed E-state index contributed by atoms with van der Waals surface area (Å²) in [5.41, 5.74) is -0.235. The van der Waals surface area contributed by atoms with Crippen LogP contribution in [0.1, 0.15) is 37.2 Å². The Morgan fingerprint density at radius 2 is 2.00 bits per heavy atom. The van der Waals surface area contributed by atoms with Gasteiger partial charge in [-0.05, 0) is 7.05 Å². The number of nitrogens with one attached hydrogen (secondary N) is 3. The topological polar surface area (TPSA) is 117 Å². The molecule has 0 spiro atoms. The molecule has 0 saturated heterocycles. The molecule has 0 aliphatic rings. The SMILES string of the molecule is CNS(=O)(=O)CCNC(=O)c1n[nH]c(C(C)(C)C)n1. The van der Waals surface area contributed by atoms with Gasteiger partial charge in [0.15, 0.2) is 0 Å². The van der Waals surface area contributed by atoms with Gasteiger partial charge in [0, 0.05) is 12.0 Å². The maximum Gasteiger partial charge on any atom is 0.290 e. The molecule has 1 amide bonds. The van der Waals surface area contributed by atoms with Crippen LogP contribution in [0.5, 0.6) is 0 Å². The Hall–Kier alpha value is -1.48. The Morgan fingerprint density at radius 1 is 1.37 bits per heavy atom. The van der Waals surface area contributed by atoms with E-state index in [1.165, 1.54) is 7.05 Å². The van der Waals surface area contributed by atoms with Crippen molar-refractivity contribution in [2.24, 2.45) is 0 Å². The minimum Gasteiger partial charge on any atom is -0.348 e. The highest BCUT2D eigenvalue weighted by molar-refractivity contribution is 7.89. The maximum absolute atomic E-state index is 11.7. The van der Waals surface area contributed by atoms with Crippen LogP contribution in [0.25, 0.3) is 0 Å². The Labute approximate surface area is 112 Å². The number of hydrogen-bond donors (Lipinski definition) is 3. The first-order chi connectivity index (χ1) is 8.65. The first-order valence-electron chi connectivity index (χ1n) is 5.78. The van der Waals surface area contributed by atoms with E-state index in [-0.39, 0.29) is 23.5 Å². The third-order valence-electron chi connectivity index (χ3n) is 2.37. The number of hydrogen-bond acceptors (Lipinski definition) is 5. The summed E-state index contributed by atoms with van der Waals surface area (Å²) in [4.78, 5) is 15.8. The van der Waals surface area contributed by atoms with E-state index < -0.39 is 15.9 Å². The van der Waals surface area contributed by atoms with Crippen molar-refractivity contribution in [2.45, 2.75) is 26.2 Å². The molecule has 1 aromatic rings. The zero-order chi connectivity index (χ0) is 14.7. The first kappa shape index (κ1) is 15.6. The van der Waals surface area contributed by atoms with Gasteiger partial charge in [-0.1, -0.05) is 20.8 Å². The van der Waals surface area contributed by atoms with Crippen molar-refractivity contribution in [3.63, 3.8) is 0 Å². The lowest BCUT2D eigenvalue weighted by atomic mass is 9.96. The predicted molar refractivity (Wildman–Crippen MR) is 70.3 cm³/mol. The molecule has 8 nitrogen and oxygen atoms in total. The van der Waals surface area contributed by atoms with Crippen LogP contribution in [0.15, 0.2) is 0 Å². The lowest BCUT2D eigenvalue weighted by Gasteiger charge is -2.12. The van der Waals surface area contributed by atoms with Crippen LogP contribution >= 0.6 is 0 Å². The van der Waals surface area contributed by atoms with Crippen molar-refractivity contribution in [3.05, 3.63) is 11.6 Å². The summed E-state index contributed by atoms with van der Waals surface area (Å²) in [6.07, 6.45) is 0. The van der Waals surface area contributed by atoms with E-state index in [9.17, 15) is 13.2 Å². The van der Waals surface area contributed by atoms with E-state index in [2.05, 4.69) is 25.2 Å². The molecule has 0 aromatic carbocycles. The van der Waals surface area contributed by atoms with Gasteiger partial charge in [0.25, 0.3) is 5.91 Å². The Morgan fingerprint density at radius 3 is 2.47 bits per heavy atom. The Balaban J connectivity index is 2.58. The van der Waals surface area contributed by atoms with Crippen LogP contribution in [-0.4, -0.2) is 48.9 Å². The van der Waals surface area contributed by atoms with Crippen molar-refractivity contribution < 1.29 is 13.2 Å². The van der Waals surface area contributed by atoms with Gasteiger partial charge in [-0.3, -0.25) is 9.89 Å². The van der Waals surface area contributed by atoms with Gasteiger partial charge in [-0.15, -0.1) is 5.10 Å². The van der Waals surface area contributed by atoms with E-state index in [0.29, 0.717) is 5.82 Å². The first-order valence-corrected chi connectivity index (χ1v) is 7.43. The minimum atomic E-state index is -3.33. The second kappa shape index (κ2) is 5.66. The van der Waals surface area contributed by atoms with Crippen molar-refractivity contribution in [2.75, 3.05) is 19.3 Å². The lowest BCUT2D eigenvalue weighted by molar-refractivity contribution is 0.0946. The van der Waals surface area contributed by atoms with Crippen LogP contribution in [0.4, 0.5) is 0 Å². The molecule has 0 atom stereocenters. The number of aromatic amines is 1. The molecule has 19 heavy (non-hydrogen) atoms. The zero-order valence-corrected chi connectivity index (χ0v) is 12.3. The van der Waals surface area contributed by atoms with Gasteiger partial charge in [-0.2, -0.15) is 0 Å². The molecule has 0 fully saturated rings. The van der Waals surface area contributed by atoms with Crippen LogP contribution in [0.2, 0.25) is 0 Å². The number of carbonyl (C=O) groups excluding carboxylic acids is 1. The van der Waals surface area contributed by atoms with Crippen LogP contribution in [0.3, 0.4) is 0 Å². The highest BCUT2D eigenvalue weighted by atomic mass is 32.2. The highest BCUT2D eigenvalue weighted by Crippen LogP contribution is 2.17. The molecular formula is C10H19N5O3S. The molecule has 0 aliphatic carbocycles. The van der Waals surface area contributed by atoms with Gasteiger partial charge in [0.1, 0.15) is 5.82 Å². The van der Waals surface area contributed by atoms with Crippen molar-refractivity contribution >= 4 is 15.9 Å². The third-order valence-corrected chi connectivity index (χ3v) is 3.73. The summed E-state index contributed by atoms with van der Waals surface area (Å²) in [5, 5.41) is 8.95. The third kappa shape index (κ3) is 4.60. The van der Waals surface area contributed by atoms with Crippen molar-refractivity contribution in [1.82, 2.24) is 25.2 Å². The normalized spacial score (nSPS) is 12.4. The summed E-state index contributed by atoms with van der Waals surface area (Å²) in [7, 11) is -2.01. The molecule has 0 unspecified atom stereocenters. The van der Waals surface area contributed by atoms with E-state index >= 15 is 0 Å². The number of rotatable bonds is 5. The monoisotopic (exact) mass is 289 g/mol. The van der Waals surface area contributed by atoms with Crippen molar-refractivity contribution in [1.29, 1.82) is 0 Å². The van der Waals surface area contributed by atoms with Crippen LogP contribution in [-0.2, 0) is 15.4 Å². The summed E-state index contributed by atoms with van der Waals surface area (Å²) < 4.78 is 24.5. The number of sulfonamides is 1. The highest BCUT2D eigenvalue weighted by Gasteiger charge is 2.21. The van der Waals surface area contributed by atoms with Gasteiger partial charge in [0.2, 0.25) is 15.8 Å². The summed E-state index contributed by atoms with van der Waals surface area (Å²) >= 11 is 0. The van der Waals surface area contributed by atoms with Gasteiger partial charge < -0.3 is 5.32 Å². The van der Waals surface area contributed by atoms with Crippen LogP contribution in [0, 0.1) is 0 Å². The maximum atomic E-state index is 11.7. The molecule has 1 aromatic heterocycles. The molecule has 3 N–H and O–H groups in total.